The zero-order valence-corrected chi connectivity index (χ0v) is 36.5. The molecule has 2 bridgehead atoms. The van der Waals surface area contributed by atoms with Crippen LogP contribution in [0.2, 0.25) is 0 Å². The van der Waals surface area contributed by atoms with Gasteiger partial charge in [-0.1, -0.05) is 96.8 Å². The van der Waals surface area contributed by atoms with E-state index in [2.05, 4.69) is 95.8 Å². The fourth-order valence-corrected chi connectivity index (χ4v) is 17.9. The molecule has 4 nitrogen and oxygen atoms in total. The lowest BCUT2D eigenvalue weighted by molar-refractivity contribution is -0.190. The van der Waals surface area contributed by atoms with Gasteiger partial charge < -0.3 is 15.3 Å². The summed E-state index contributed by atoms with van der Waals surface area (Å²) in [5, 5.41) is 35.2. The van der Waals surface area contributed by atoms with Crippen LogP contribution in [-0.4, -0.2) is 62.9 Å². The zero-order valence-electron chi connectivity index (χ0n) is 34.9. The summed E-state index contributed by atoms with van der Waals surface area (Å²) in [4.78, 5) is 2.87. The van der Waals surface area contributed by atoms with E-state index < -0.39 is 5.60 Å². The number of hydrogen-bond acceptors (Lipinski definition) is 6. The fraction of sp³-hybridized carbons (Fsp3) is 0.760. The number of aryl methyl sites for hydroxylation is 2. The fourth-order valence-electron chi connectivity index (χ4n) is 15.4. The van der Waals surface area contributed by atoms with Gasteiger partial charge in [0.2, 0.25) is 0 Å². The maximum absolute atomic E-state index is 13.0. The Morgan fingerprint density at radius 1 is 0.750 bits per heavy atom. The van der Waals surface area contributed by atoms with Crippen LogP contribution in [-0.2, 0) is 18.6 Å². The molecule has 9 rings (SSSR count). The van der Waals surface area contributed by atoms with E-state index in [9.17, 15) is 15.3 Å². The molecule has 6 heteroatoms. The highest BCUT2D eigenvalue weighted by Crippen LogP contribution is 2.67. The Hall–Kier alpha value is -1.02. The summed E-state index contributed by atoms with van der Waals surface area (Å²) in [6, 6.07) is 18.8. The van der Waals surface area contributed by atoms with Crippen molar-refractivity contribution in [3.63, 3.8) is 0 Å². The minimum atomic E-state index is -0.669. The third kappa shape index (κ3) is 7.52. The van der Waals surface area contributed by atoms with Gasteiger partial charge in [-0.25, -0.2) is 0 Å². The molecule has 15 unspecified atom stereocenters. The second-order valence-corrected chi connectivity index (χ2v) is 23.3. The van der Waals surface area contributed by atoms with Gasteiger partial charge in [0.05, 0.1) is 17.8 Å². The van der Waals surface area contributed by atoms with Crippen LogP contribution >= 0.6 is 21.6 Å². The average Bonchev–Trinajstić information content (AvgIpc) is 3.57. The van der Waals surface area contributed by atoms with Crippen LogP contribution in [0.1, 0.15) is 139 Å². The molecule has 4 aliphatic carbocycles. The third-order valence-electron chi connectivity index (χ3n) is 17.9. The van der Waals surface area contributed by atoms with E-state index >= 15 is 0 Å². The Morgan fingerprint density at radius 3 is 2.45 bits per heavy atom. The lowest BCUT2D eigenvalue weighted by atomic mass is 9.51. The number of piperidine rings is 2. The predicted molar refractivity (Wildman–Crippen MR) is 235 cm³/mol. The number of hydrogen-bond donors (Lipinski definition) is 3. The largest absolute Gasteiger partial charge is 0.393 e. The average molecular weight is 800 g/mol. The molecule has 0 radical (unpaired) electrons. The number of nitrogens with zero attached hydrogens (tertiary/aromatic N) is 1. The molecule has 2 aromatic rings. The lowest BCUT2D eigenvalue weighted by Gasteiger charge is -2.62. The Balaban J connectivity index is 0.972. The van der Waals surface area contributed by atoms with Gasteiger partial charge in [0.1, 0.15) is 0 Å². The van der Waals surface area contributed by atoms with Crippen LogP contribution in [0.25, 0.3) is 0 Å². The molecule has 3 N–H and O–H groups in total. The Labute approximate surface area is 347 Å². The standard InChI is InChI=1S/C50H73NO3S2/c1-4-5-7-13-34-14-10-15-38-35(18-16-32-11-8-6-9-12-32)19-17-33-24-36(30-55-56-31-43(34)38)48-50(3,54)44-21-20-39-40(42(44)29-51(48)28-33)26-45-41(39)27-47(53)46-25-37(52)22-23-49(45,46)2/h6,8-12,14-15,33,35-37,39-42,44-48,52-54H,4-5,7,13,16-31H2,1-3H3. The molecule has 4 saturated carbocycles. The highest BCUT2D eigenvalue weighted by molar-refractivity contribution is 8.76. The van der Waals surface area contributed by atoms with Gasteiger partial charge in [0, 0.05) is 30.6 Å². The molecule has 56 heavy (non-hydrogen) atoms. The zero-order chi connectivity index (χ0) is 38.6. The van der Waals surface area contributed by atoms with Crippen molar-refractivity contribution in [1.82, 2.24) is 4.90 Å². The number of rotatable bonds is 7. The molecule has 308 valence electrons. The van der Waals surface area contributed by atoms with Crippen LogP contribution in [0.15, 0.2) is 48.5 Å². The van der Waals surface area contributed by atoms with Crippen molar-refractivity contribution in [3.8, 4) is 0 Å². The first-order valence-electron chi connectivity index (χ1n) is 23.4. The number of aliphatic hydroxyl groups excluding tert-OH is 2. The first kappa shape index (κ1) is 40.4. The first-order valence-corrected chi connectivity index (χ1v) is 25.9. The van der Waals surface area contributed by atoms with Crippen molar-refractivity contribution in [2.75, 3.05) is 18.8 Å². The molecule has 7 aliphatic rings. The lowest BCUT2D eigenvalue weighted by Crippen LogP contribution is -2.70. The van der Waals surface area contributed by atoms with Gasteiger partial charge in [0.25, 0.3) is 0 Å². The normalized spacial score (nSPS) is 43.8. The predicted octanol–water partition coefficient (Wildman–Crippen LogP) is 10.7. The topological polar surface area (TPSA) is 63.9 Å². The summed E-state index contributed by atoms with van der Waals surface area (Å²) in [5.41, 5.74) is 5.82. The second-order valence-electron chi connectivity index (χ2n) is 20.8. The van der Waals surface area contributed by atoms with E-state index in [0.717, 1.165) is 56.6 Å². The summed E-state index contributed by atoms with van der Waals surface area (Å²) >= 11 is 0. The van der Waals surface area contributed by atoms with Crippen LogP contribution in [0.4, 0.5) is 0 Å². The highest BCUT2D eigenvalue weighted by Gasteiger charge is 2.65. The Kier molecular flexibility index (Phi) is 12.1. The van der Waals surface area contributed by atoms with Crippen LogP contribution < -0.4 is 0 Å². The molecule has 3 aliphatic heterocycles. The van der Waals surface area contributed by atoms with Crippen molar-refractivity contribution in [1.29, 1.82) is 0 Å². The van der Waals surface area contributed by atoms with Crippen molar-refractivity contribution >= 4 is 21.6 Å². The second kappa shape index (κ2) is 16.8. The number of benzene rings is 2. The molecule has 2 aromatic carbocycles. The molecule has 0 aromatic heterocycles. The maximum atomic E-state index is 13.0. The van der Waals surface area contributed by atoms with Gasteiger partial charge in [-0.2, -0.15) is 0 Å². The van der Waals surface area contributed by atoms with E-state index in [0.29, 0.717) is 53.3 Å². The van der Waals surface area contributed by atoms with E-state index in [1.807, 2.05) is 0 Å². The van der Waals surface area contributed by atoms with Gasteiger partial charge in [-0.05, 0) is 184 Å². The summed E-state index contributed by atoms with van der Waals surface area (Å²) < 4.78 is 0. The Bertz CT molecular complexity index is 1640. The van der Waals surface area contributed by atoms with Crippen molar-refractivity contribution in [2.24, 2.45) is 58.7 Å². The van der Waals surface area contributed by atoms with Crippen molar-refractivity contribution < 1.29 is 15.3 Å². The molecule has 15 atom stereocenters. The van der Waals surface area contributed by atoms with Crippen molar-refractivity contribution in [2.45, 2.75) is 159 Å². The monoisotopic (exact) mass is 800 g/mol. The minimum absolute atomic E-state index is 0.140. The van der Waals surface area contributed by atoms with E-state index in [4.69, 9.17) is 0 Å². The van der Waals surface area contributed by atoms with E-state index in [1.54, 1.807) is 16.7 Å². The number of aliphatic hydroxyl groups is 3. The highest BCUT2D eigenvalue weighted by atomic mass is 33.1. The van der Waals surface area contributed by atoms with Crippen LogP contribution in [0, 0.1) is 58.7 Å². The molecular weight excluding hydrogens is 727 g/mol. The van der Waals surface area contributed by atoms with Gasteiger partial charge in [-0.3, -0.25) is 4.90 Å². The number of fused-ring (bicyclic) bond motifs is 12. The van der Waals surface area contributed by atoms with Gasteiger partial charge >= 0.3 is 0 Å². The van der Waals surface area contributed by atoms with E-state index in [-0.39, 0.29) is 29.6 Å². The summed E-state index contributed by atoms with van der Waals surface area (Å²) in [6.07, 6.45) is 18.1. The first-order chi connectivity index (χ1) is 27.2. The molecule has 0 amide bonds. The van der Waals surface area contributed by atoms with Gasteiger partial charge in [-0.15, -0.1) is 0 Å². The molecule has 3 heterocycles. The SMILES string of the molecule is CCCCCc1cccc2c1CSSCC1CC(CCC2CCc2ccccc2)CN2CC3C4CC5C(CC(O)C6CC(O)CCC65C)C4CCC3C(C)(O)C12. The Morgan fingerprint density at radius 2 is 1.61 bits per heavy atom. The number of unbranched alkanes of at least 4 members (excludes halogenated alkanes) is 2. The quantitative estimate of drug-likeness (QED) is 0.192. The van der Waals surface area contributed by atoms with Crippen molar-refractivity contribution in [3.05, 3.63) is 70.8 Å². The van der Waals surface area contributed by atoms with Crippen LogP contribution in [0.5, 0.6) is 0 Å². The summed E-state index contributed by atoms with van der Waals surface area (Å²) in [7, 11) is 4.21. The molecular formula is C50H73NO3S2. The van der Waals surface area contributed by atoms with Crippen LogP contribution in [0.3, 0.4) is 0 Å². The molecule has 0 spiro atoms. The van der Waals surface area contributed by atoms with Gasteiger partial charge in [0.15, 0.2) is 0 Å². The summed E-state index contributed by atoms with van der Waals surface area (Å²) in [6.45, 7) is 9.41. The maximum Gasteiger partial charge on any atom is 0.0808 e. The molecule has 6 fully saturated rings. The third-order valence-corrected chi connectivity index (χ3v) is 20.3. The summed E-state index contributed by atoms with van der Waals surface area (Å²) in [5.74, 6) is 7.79. The minimum Gasteiger partial charge on any atom is -0.393 e. The van der Waals surface area contributed by atoms with E-state index in [1.165, 1.54) is 76.3 Å². The molecule has 2 saturated heterocycles. The smallest absolute Gasteiger partial charge is 0.0808 e.